The highest BCUT2D eigenvalue weighted by Gasteiger charge is 2.29. The average Bonchev–Trinajstić information content (AvgIpc) is 2.88. The van der Waals surface area contributed by atoms with E-state index in [4.69, 9.17) is 0 Å². The molecule has 4 nitrogen and oxygen atoms in total. The highest BCUT2D eigenvalue weighted by Crippen LogP contribution is 2.22. The Morgan fingerprint density at radius 2 is 2.05 bits per heavy atom. The van der Waals surface area contributed by atoms with E-state index in [9.17, 15) is 9.18 Å². The van der Waals surface area contributed by atoms with E-state index in [-0.39, 0.29) is 23.8 Å². The third kappa shape index (κ3) is 4.02. The van der Waals surface area contributed by atoms with Crippen LogP contribution in [-0.4, -0.2) is 18.5 Å². The van der Waals surface area contributed by atoms with Crippen LogP contribution in [0.1, 0.15) is 38.3 Å². The number of hydrogen-bond donors (Lipinski definition) is 3. The number of nitrogens with one attached hydrogen (secondary N) is 3. The Bertz CT molecular complexity index is 447. The number of hydrazine groups is 1. The summed E-state index contributed by atoms with van der Waals surface area (Å²) in [5.41, 5.74) is 7.07. The van der Waals surface area contributed by atoms with Crippen LogP contribution in [0.4, 0.5) is 4.39 Å². The summed E-state index contributed by atoms with van der Waals surface area (Å²) < 4.78 is 12.9. The van der Waals surface area contributed by atoms with E-state index in [1.54, 1.807) is 12.1 Å². The van der Waals surface area contributed by atoms with Crippen molar-refractivity contribution in [2.24, 2.45) is 5.92 Å². The lowest BCUT2D eigenvalue weighted by atomic mass is 10.0. The average molecular weight is 279 g/mol. The SMILES string of the molecule is CC(C)CCNC(=O)C1CC(c2ccc(F)cc2)NN1. The summed E-state index contributed by atoms with van der Waals surface area (Å²) in [6.45, 7) is 4.97. The number of amides is 1. The summed E-state index contributed by atoms with van der Waals surface area (Å²) >= 11 is 0. The topological polar surface area (TPSA) is 53.2 Å². The van der Waals surface area contributed by atoms with Crippen LogP contribution in [0.5, 0.6) is 0 Å². The second-order valence-electron chi connectivity index (χ2n) is 5.65. The van der Waals surface area contributed by atoms with Crippen molar-refractivity contribution < 1.29 is 9.18 Å². The first-order valence-corrected chi connectivity index (χ1v) is 7.10. The molecule has 2 rings (SSSR count). The van der Waals surface area contributed by atoms with Crippen LogP contribution in [0, 0.1) is 11.7 Å². The maximum atomic E-state index is 12.9. The molecule has 3 N–H and O–H groups in total. The molecule has 1 amide bonds. The lowest BCUT2D eigenvalue weighted by Crippen LogP contribution is -2.43. The molecule has 1 aromatic rings. The molecule has 20 heavy (non-hydrogen) atoms. The standard InChI is InChI=1S/C15H22FN3O/c1-10(2)7-8-17-15(20)14-9-13(18-19-14)11-3-5-12(16)6-4-11/h3-6,10,13-14,18-19H,7-9H2,1-2H3,(H,17,20). The minimum atomic E-state index is -0.248. The molecule has 0 bridgehead atoms. The van der Waals surface area contributed by atoms with Crippen molar-refractivity contribution in [3.05, 3.63) is 35.6 Å². The fourth-order valence-corrected chi connectivity index (χ4v) is 2.25. The van der Waals surface area contributed by atoms with Gasteiger partial charge in [0.2, 0.25) is 5.91 Å². The quantitative estimate of drug-likeness (QED) is 0.771. The third-order valence-electron chi connectivity index (χ3n) is 3.51. The molecule has 110 valence electrons. The predicted molar refractivity (Wildman–Crippen MR) is 76.3 cm³/mol. The largest absolute Gasteiger partial charge is 0.355 e. The first-order valence-electron chi connectivity index (χ1n) is 7.10. The molecule has 1 saturated heterocycles. The molecule has 5 heteroatoms. The van der Waals surface area contributed by atoms with Crippen LogP contribution >= 0.6 is 0 Å². The van der Waals surface area contributed by atoms with E-state index in [1.165, 1.54) is 12.1 Å². The highest BCUT2D eigenvalue weighted by atomic mass is 19.1. The van der Waals surface area contributed by atoms with Crippen molar-refractivity contribution in [1.29, 1.82) is 0 Å². The van der Waals surface area contributed by atoms with Gasteiger partial charge >= 0.3 is 0 Å². The van der Waals surface area contributed by atoms with E-state index in [1.807, 2.05) is 0 Å². The van der Waals surface area contributed by atoms with Gasteiger partial charge in [0.25, 0.3) is 0 Å². The second kappa shape index (κ2) is 6.81. The zero-order valence-corrected chi connectivity index (χ0v) is 11.9. The minimum absolute atomic E-state index is 0.0164. The monoisotopic (exact) mass is 279 g/mol. The van der Waals surface area contributed by atoms with Crippen molar-refractivity contribution in [3.63, 3.8) is 0 Å². The second-order valence-corrected chi connectivity index (χ2v) is 5.65. The number of carbonyl (C=O) groups excluding carboxylic acids is 1. The van der Waals surface area contributed by atoms with Crippen LogP contribution < -0.4 is 16.2 Å². The van der Waals surface area contributed by atoms with Crippen molar-refractivity contribution in [2.45, 2.75) is 38.8 Å². The minimum Gasteiger partial charge on any atom is -0.355 e. The summed E-state index contributed by atoms with van der Waals surface area (Å²) in [6, 6.07) is 6.16. The summed E-state index contributed by atoms with van der Waals surface area (Å²) in [4.78, 5) is 12.0. The van der Waals surface area contributed by atoms with Gasteiger partial charge in [-0.1, -0.05) is 26.0 Å². The molecule has 1 aromatic carbocycles. The Hall–Kier alpha value is -1.46. The molecule has 0 aliphatic carbocycles. The van der Waals surface area contributed by atoms with Crippen molar-refractivity contribution >= 4 is 5.91 Å². The van der Waals surface area contributed by atoms with Crippen molar-refractivity contribution in [2.75, 3.05) is 6.54 Å². The number of halogens is 1. The predicted octanol–water partition coefficient (Wildman–Crippen LogP) is 1.90. The summed E-state index contributed by atoms with van der Waals surface area (Å²) in [6.07, 6.45) is 1.65. The normalized spacial score (nSPS) is 22.2. The van der Waals surface area contributed by atoms with E-state index in [2.05, 4.69) is 30.0 Å². The smallest absolute Gasteiger partial charge is 0.238 e. The summed E-state index contributed by atoms with van der Waals surface area (Å²) in [5.74, 6) is 0.349. The highest BCUT2D eigenvalue weighted by molar-refractivity contribution is 5.82. The third-order valence-corrected chi connectivity index (χ3v) is 3.51. The molecular formula is C15H22FN3O. The van der Waals surface area contributed by atoms with E-state index in [0.29, 0.717) is 18.9 Å². The van der Waals surface area contributed by atoms with Gasteiger partial charge in [-0.2, -0.15) is 0 Å². The Morgan fingerprint density at radius 3 is 2.70 bits per heavy atom. The van der Waals surface area contributed by atoms with Crippen LogP contribution in [0.3, 0.4) is 0 Å². The van der Waals surface area contributed by atoms with Gasteiger partial charge < -0.3 is 5.32 Å². The van der Waals surface area contributed by atoms with Gasteiger partial charge in [-0.3, -0.25) is 4.79 Å². The molecule has 2 unspecified atom stereocenters. The maximum absolute atomic E-state index is 12.9. The zero-order chi connectivity index (χ0) is 14.5. The van der Waals surface area contributed by atoms with Gasteiger partial charge in [0.1, 0.15) is 11.9 Å². The molecular weight excluding hydrogens is 257 g/mol. The van der Waals surface area contributed by atoms with Gasteiger partial charge in [-0.05, 0) is 36.5 Å². The van der Waals surface area contributed by atoms with E-state index < -0.39 is 0 Å². The van der Waals surface area contributed by atoms with Crippen LogP contribution in [0.15, 0.2) is 24.3 Å². The lowest BCUT2D eigenvalue weighted by molar-refractivity contribution is -0.122. The Morgan fingerprint density at radius 1 is 1.35 bits per heavy atom. The molecule has 0 saturated carbocycles. The van der Waals surface area contributed by atoms with E-state index in [0.717, 1.165) is 12.0 Å². The van der Waals surface area contributed by atoms with Crippen molar-refractivity contribution in [3.8, 4) is 0 Å². The first-order chi connectivity index (χ1) is 9.56. The van der Waals surface area contributed by atoms with E-state index >= 15 is 0 Å². The molecule has 0 spiro atoms. The lowest BCUT2D eigenvalue weighted by Gasteiger charge is -2.11. The number of benzene rings is 1. The Balaban J connectivity index is 1.82. The number of carbonyl (C=O) groups is 1. The Kier molecular flexibility index (Phi) is 5.09. The van der Waals surface area contributed by atoms with Crippen LogP contribution in [-0.2, 0) is 4.79 Å². The molecule has 2 atom stereocenters. The molecule has 1 aliphatic rings. The zero-order valence-electron chi connectivity index (χ0n) is 11.9. The number of rotatable bonds is 5. The van der Waals surface area contributed by atoms with Crippen molar-refractivity contribution in [1.82, 2.24) is 16.2 Å². The molecule has 1 fully saturated rings. The molecule has 0 aromatic heterocycles. The van der Waals surface area contributed by atoms with Gasteiger partial charge in [-0.15, -0.1) is 0 Å². The maximum Gasteiger partial charge on any atom is 0.238 e. The van der Waals surface area contributed by atoms with Gasteiger partial charge in [-0.25, -0.2) is 15.2 Å². The first kappa shape index (κ1) is 14.9. The van der Waals surface area contributed by atoms with Crippen LogP contribution in [0.25, 0.3) is 0 Å². The number of hydrogen-bond acceptors (Lipinski definition) is 3. The molecule has 1 heterocycles. The summed E-state index contributed by atoms with van der Waals surface area (Å²) in [5, 5.41) is 2.94. The van der Waals surface area contributed by atoms with Gasteiger partial charge in [0.05, 0.1) is 0 Å². The molecule has 0 radical (unpaired) electrons. The van der Waals surface area contributed by atoms with Crippen LogP contribution in [0.2, 0.25) is 0 Å². The summed E-state index contributed by atoms with van der Waals surface area (Å²) in [7, 11) is 0. The fraction of sp³-hybridized carbons (Fsp3) is 0.533. The Labute approximate surface area is 119 Å². The van der Waals surface area contributed by atoms with Gasteiger partial charge in [0, 0.05) is 12.6 Å². The fourth-order valence-electron chi connectivity index (χ4n) is 2.25. The molecule has 1 aliphatic heterocycles. The van der Waals surface area contributed by atoms with Gasteiger partial charge in [0.15, 0.2) is 0 Å².